The zero-order chi connectivity index (χ0) is 14.3. The van der Waals surface area contributed by atoms with Crippen LogP contribution in [-0.2, 0) is 0 Å². The minimum atomic E-state index is 0.197. The fraction of sp³-hybridized carbons (Fsp3) is 0.562. The summed E-state index contributed by atoms with van der Waals surface area (Å²) in [4.78, 5) is 12.8. The van der Waals surface area contributed by atoms with Gasteiger partial charge in [0.1, 0.15) is 0 Å². The normalized spacial score (nSPS) is 27.6. The summed E-state index contributed by atoms with van der Waals surface area (Å²) in [6, 6.07) is 3.62. The molecule has 3 rings (SSSR count). The largest absolute Gasteiger partial charge is 0.493 e. The first-order valence-corrected chi connectivity index (χ1v) is 7.89. The molecule has 3 unspecified atom stereocenters. The molecule has 2 aliphatic carbocycles. The van der Waals surface area contributed by atoms with E-state index in [0.717, 1.165) is 22.4 Å². The highest BCUT2D eigenvalue weighted by atomic mass is 79.9. The number of Topliss-reactive ketones (excluding diaryl/α,β-unsaturated/α-hetero) is 1. The molecule has 1 aromatic carbocycles. The van der Waals surface area contributed by atoms with Crippen LogP contribution in [0.5, 0.6) is 11.5 Å². The Bertz CT molecular complexity index is 541. The van der Waals surface area contributed by atoms with Crippen molar-refractivity contribution in [1.82, 2.24) is 0 Å². The lowest BCUT2D eigenvalue weighted by atomic mass is 9.83. The third kappa shape index (κ3) is 2.24. The topological polar surface area (TPSA) is 35.5 Å². The van der Waals surface area contributed by atoms with Crippen molar-refractivity contribution in [2.75, 3.05) is 14.2 Å². The van der Waals surface area contributed by atoms with Crippen LogP contribution in [0.15, 0.2) is 16.6 Å². The molecule has 0 aromatic heterocycles. The van der Waals surface area contributed by atoms with Crippen LogP contribution in [0.1, 0.15) is 36.0 Å². The summed E-state index contributed by atoms with van der Waals surface area (Å²) in [6.07, 6.45) is 4.82. The summed E-state index contributed by atoms with van der Waals surface area (Å²) in [6.45, 7) is 0. The number of methoxy groups -OCH3 is 2. The van der Waals surface area contributed by atoms with E-state index >= 15 is 0 Å². The van der Waals surface area contributed by atoms with Crippen LogP contribution in [0, 0.1) is 17.8 Å². The van der Waals surface area contributed by atoms with Gasteiger partial charge < -0.3 is 9.47 Å². The van der Waals surface area contributed by atoms with Crippen LogP contribution < -0.4 is 9.47 Å². The van der Waals surface area contributed by atoms with Gasteiger partial charge in [-0.05, 0) is 59.2 Å². The van der Waals surface area contributed by atoms with Gasteiger partial charge in [-0.3, -0.25) is 4.79 Å². The molecular formula is C16H19BrO3. The predicted octanol–water partition coefficient (Wildman–Crippen LogP) is 4.09. The van der Waals surface area contributed by atoms with Gasteiger partial charge in [-0.1, -0.05) is 6.42 Å². The molecule has 0 saturated heterocycles. The molecule has 0 aliphatic heterocycles. The summed E-state index contributed by atoms with van der Waals surface area (Å²) in [5.74, 6) is 3.07. The van der Waals surface area contributed by atoms with Gasteiger partial charge in [0.2, 0.25) is 0 Å². The highest BCUT2D eigenvalue weighted by Gasteiger charge is 2.43. The first kappa shape index (κ1) is 13.9. The Balaban J connectivity index is 1.91. The number of benzene rings is 1. The number of halogens is 1. The molecule has 0 radical (unpaired) electrons. The third-order valence-corrected chi connectivity index (χ3v) is 5.47. The lowest BCUT2D eigenvalue weighted by Crippen LogP contribution is -2.21. The van der Waals surface area contributed by atoms with Crippen molar-refractivity contribution < 1.29 is 14.3 Å². The Hall–Kier alpha value is -1.03. The third-order valence-electron chi connectivity index (χ3n) is 4.81. The van der Waals surface area contributed by atoms with Crippen molar-refractivity contribution in [3.8, 4) is 11.5 Å². The maximum Gasteiger partial charge on any atom is 0.167 e. The number of carbonyl (C=O) groups excluding carboxylic acids is 1. The maximum absolute atomic E-state index is 12.8. The molecule has 2 saturated carbocycles. The second-order valence-corrected chi connectivity index (χ2v) is 6.69. The van der Waals surface area contributed by atoms with Gasteiger partial charge in [0.25, 0.3) is 0 Å². The Morgan fingerprint density at radius 2 is 1.85 bits per heavy atom. The van der Waals surface area contributed by atoms with Gasteiger partial charge in [0.05, 0.1) is 14.2 Å². The van der Waals surface area contributed by atoms with E-state index in [0.29, 0.717) is 17.4 Å². The Labute approximate surface area is 127 Å². The van der Waals surface area contributed by atoms with Crippen molar-refractivity contribution in [3.05, 3.63) is 22.2 Å². The smallest absolute Gasteiger partial charge is 0.167 e. The first-order chi connectivity index (χ1) is 9.63. The number of ether oxygens (including phenoxy) is 2. The zero-order valence-corrected chi connectivity index (χ0v) is 13.4. The molecule has 2 aliphatic rings. The molecule has 2 bridgehead atoms. The Morgan fingerprint density at radius 1 is 1.15 bits per heavy atom. The summed E-state index contributed by atoms with van der Waals surface area (Å²) in [5.41, 5.74) is 0.722. The quantitative estimate of drug-likeness (QED) is 0.776. The summed E-state index contributed by atoms with van der Waals surface area (Å²) >= 11 is 3.50. The monoisotopic (exact) mass is 338 g/mol. The minimum Gasteiger partial charge on any atom is -0.493 e. The van der Waals surface area contributed by atoms with Gasteiger partial charge in [0.15, 0.2) is 17.3 Å². The number of hydrogen-bond acceptors (Lipinski definition) is 3. The van der Waals surface area contributed by atoms with Crippen LogP contribution in [-0.4, -0.2) is 20.0 Å². The molecule has 2 fully saturated rings. The predicted molar refractivity (Wildman–Crippen MR) is 80.5 cm³/mol. The molecule has 3 nitrogen and oxygen atoms in total. The second-order valence-electron chi connectivity index (χ2n) is 5.83. The van der Waals surface area contributed by atoms with E-state index in [1.54, 1.807) is 20.3 Å². The maximum atomic E-state index is 12.8. The Morgan fingerprint density at radius 3 is 2.40 bits per heavy atom. The molecule has 20 heavy (non-hydrogen) atoms. The summed E-state index contributed by atoms with van der Waals surface area (Å²) in [7, 11) is 3.19. The fourth-order valence-electron chi connectivity index (χ4n) is 3.81. The number of rotatable bonds is 4. The van der Waals surface area contributed by atoms with Crippen LogP contribution in [0.2, 0.25) is 0 Å². The molecule has 0 N–H and O–H groups in total. The first-order valence-electron chi connectivity index (χ1n) is 7.09. The van der Waals surface area contributed by atoms with E-state index in [4.69, 9.17) is 9.47 Å². The van der Waals surface area contributed by atoms with Crippen molar-refractivity contribution >= 4 is 21.7 Å². The molecule has 3 atom stereocenters. The average Bonchev–Trinajstić information content (AvgIpc) is 3.08. The minimum absolute atomic E-state index is 0.197. The zero-order valence-electron chi connectivity index (χ0n) is 11.8. The van der Waals surface area contributed by atoms with Crippen molar-refractivity contribution in [2.45, 2.75) is 25.7 Å². The standard InChI is InChI=1S/C16H19BrO3/c1-19-14-7-12(13(17)8-15(14)20-2)16(18)11-6-9-3-4-10(11)5-9/h7-11H,3-6H2,1-2H3. The van der Waals surface area contributed by atoms with E-state index in [-0.39, 0.29) is 11.7 Å². The summed E-state index contributed by atoms with van der Waals surface area (Å²) in [5, 5.41) is 0. The second kappa shape index (κ2) is 5.40. The Kier molecular flexibility index (Phi) is 3.76. The lowest BCUT2D eigenvalue weighted by Gasteiger charge is -2.21. The highest BCUT2D eigenvalue weighted by molar-refractivity contribution is 9.10. The fourth-order valence-corrected chi connectivity index (χ4v) is 4.33. The molecule has 1 aromatic rings. The van der Waals surface area contributed by atoms with Crippen LogP contribution in [0.3, 0.4) is 0 Å². The molecule has 0 amide bonds. The van der Waals surface area contributed by atoms with Gasteiger partial charge >= 0.3 is 0 Å². The summed E-state index contributed by atoms with van der Waals surface area (Å²) < 4.78 is 11.4. The van der Waals surface area contributed by atoms with Gasteiger partial charge in [0, 0.05) is 16.0 Å². The number of fused-ring (bicyclic) bond motifs is 2. The van der Waals surface area contributed by atoms with E-state index in [9.17, 15) is 4.79 Å². The number of ketones is 1. The van der Waals surface area contributed by atoms with Crippen LogP contribution in [0.4, 0.5) is 0 Å². The highest BCUT2D eigenvalue weighted by Crippen LogP contribution is 2.50. The van der Waals surface area contributed by atoms with Gasteiger partial charge in [-0.2, -0.15) is 0 Å². The van der Waals surface area contributed by atoms with E-state index in [1.807, 2.05) is 6.07 Å². The van der Waals surface area contributed by atoms with Crippen molar-refractivity contribution in [1.29, 1.82) is 0 Å². The van der Waals surface area contributed by atoms with Crippen molar-refractivity contribution in [2.24, 2.45) is 17.8 Å². The van der Waals surface area contributed by atoms with Gasteiger partial charge in [-0.25, -0.2) is 0 Å². The van der Waals surface area contributed by atoms with Crippen molar-refractivity contribution in [3.63, 3.8) is 0 Å². The lowest BCUT2D eigenvalue weighted by molar-refractivity contribution is 0.0873. The average molecular weight is 339 g/mol. The van der Waals surface area contributed by atoms with E-state index in [2.05, 4.69) is 15.9 Å². The molecule has 108 valence electrons. The van der Waals surface area contributed by atoms with E-state index < -0.39 is 0 Å². The van der Waals surface area contributed by atoms with E-state index in [1.165, 1.54) is 19.3 Å². The van der Waals surface area contributed by atoms with Crippen LogP contribution in [0.25, 0.3) is 0 Å². The molecular weight excluding hydrogens is 320 g/mol. The number of hydrogen-bond donors (Lipinski definition) is 0. The molecule has 4 heteroatoms. The molecule has 0 spiro atoms. The van der Waals surface area contributed by atoms with Gasteiger partial charge in [-0.15, -0.1) is 0 Å². The SMILES string of the molecule is COc1cc(Br)c(C(=O)C2CC3CCC2C3)cc1OC. The molecule has 0 heterocycles. The van der Waals surface area contributed by atoms with Crippen LogP contribution >= 0.6 is 15.9 Å². The number of carbonyl (C=O) groups is 1.